The van der Waals surface area contributed by atoms with E-state index < -0.39 is 0 Å². The van der Waals surface area contributed by atoms with E-state index in [0.29, 0.717) is 37.9 Å². The summed E-state index contributed by atoms with van der Waals surface area (Å²) in [5, 5.41) is 0. The van der Waals surface area contributed by atoms with Crippen molar-refractivity contribution in [2.75, 3.05) is 24.7 Å². The standard InChI is InChI=1S/C12H22.C10H20.C9H18.C8H16.C7H14O.C7H14S.C7H14/c1-12(2)8-7-10-5-3-4-6-11(10)9-12;1-10(2)8-6-4-3-5-7-9-10;1-9(2)7-5-3-4-6-8-9;1-8(2)6-4-3-5-7-8;2*1-7(2)4-3-5-8-6-7;1-7(2)5-3-4-6-7/h10-11H,3-9H2,1-2H3;3-9H2,1-2H3;3-8H2,1-2H3;3-7H2,1-2H3;2*3-6H2,1-2H3;3-6H2,1-2H3. The molecule has 8 fully saturated rings. The van der Waals surface area contributed by atoms with Crippen LogP contribution in [-0.4, -0.2) is 24.7 Å². The molecule has 6 aliphatic carbocycles. The van der Waals surface area contributed by atoms with Gasteiger partial charge in [-0.2, -0.15) is 11.8 Å². The van der Waals surface area contributed by atoms with Crippen molar-refractivity contribution < 1.29 is 4.74 Å². The Kier molecular flexibility index (Phi) is 27.6. The quantitative estimate of drug-likeness (QED) is 0.224. The minimum atomic E-state index is 0.457. The average Bonchev–Trinajstić information content (AvgIpc) is 3.47. The molecule has 0 radical (unpaired) electrons. The maximum absolute atomic E-state index is 5.28. The van der Waals surface area contributed by atoms with Gasteiger partial charge in [-0.3, -0.25) is 0 Å². The van der Waals surface area contributed by atoms with Crippen LogP contribution in [0.1, 0.15) is 309 Å². The van der Waals surface area contributed by atoms with Crippen molar-refractivity contribution in [3.63, 3.8) is 0 Å². The monoisotopic (exact) mass is 887 g/mol. The number of fused-ring (bicyclic) bond motifs is 1. The fourth-order valence-corrected chi connectivity index (χ4v) is 13.0. The molecule has 2 saturated heterocycles. The van der Waals surface area contributed by atoms with Gasteiger partial charge in [0.2, 0.25) is 0 Å². The van der Waals surface area contributed by atoms with Crippen molar-refractivity contribution in [2.45, 2.75) is 309 Å². The van der Waals surface area contributed by atoms with E-state index in [1.165, 1.54) is 217 Å². The van der Waals surface area contributed by atoms with Crippen LogP contribution in [0.3, 0.4) is 0 Å². The van der Waals surface area contributed by atoms with Gasteiger partial charge in [0.15, 0.2) is 0 Å². The number of thioether (sulfide) groups is 1. The molecule has 6 saturated carbocycles. The van der Waals surface area contributed by atoms with E-state index in [1.54, 1.807) is 6.42 Å². The first-order valence-corrected chi connectivity index (χ1v) is 29.2. The third-order valence-corrected chi connectivity index (χ3v) is 18.2. The van der Waals surface area contributed by atoms with Crippen LogP contribution in [0.25, 0.3) is 0 Å². The van der Waals surface area contributed by atoms with E-state index in [-0.39, 0.29) is 0 Å². The minimum Gasteiger partial charge on any atom is -0.381 e. The van der Waals surface area contributed by atoms with Gasteiger partial charge in [0.05, 0.1) is 6.61 Å². The fourth-order valence-electron chi connectivity index (χ4n) is 11.9. The molecule has 1 nitrogen and oxygen atoms in total. The molecule has 370 valence electrons. The molecule has 2 heterocycles. The summed E-state index contributed by atoms with van der Waals surface area (Å²) < 4.78 is 5.28. The van der Waals surface area contributed by atoms with E-state index in [4.69, 9.17) is 4.74 Å². The van der Waals surface area contributed by atoms with Crippen LogP contribution < -0.4 is 0 Å². The molecule has 0 aromatic heterocycles. The molecule has 2 aliphatic heterocycles. The number of ether oxygens (including phenoxy) is 1. The zero-order valence-corrected chi connectivity index (χ0v) is 46.5. The highest BCUT2D eigenvalue weighted by molar-refractivity contribution is 7.99. The molecular weight excluding hydrogens is 769 g/mol. The number of hydrogen-bond acceptors (Lipinski definition) is 2. The van der Waals surface area contributed by atoms with E-state index in [2.05, 4.69) is 109 Å². The zero-order chi connectivity index (χ0) is 46.2. The molecule has 0 N–H and O–H groups in total. The third kappa shape index (κ3) is 29.8. The van der Waals surface area contributed by atoms with Gasteiger partial charge in [0.1, 0.15) is 0 Å². The smallest absolute Gasteiger partial charge is 0.0517 e. The van der Waals surface area contributed by atoms with Gasteiger partial charge in [-0.1, -0.05) is 213 Å². The lowest BCUT2D eigenvalue weighted by Crippen LogP contribution is -2.31. The Morgan fingerprint density at radius 2 is 0.661 bits per heavy atom. The lowest BCUT2D eigenvalue weighted by atomic mass is 9.63. The summed E-state index contributed by atoms with van der Waals surface area (Å²) in [4.78, 5) is 0. The largest absolute Gasteiger partial charge is 0.381 e. The maximum atomic E-state index is 5.28. The maximum Gasteiger partial charge on any atom is 0.0517 e. The molecule has 2 unspecified atom stereocenters. The van der Waals surface area contributed by atoms with E-state index in [1.807, 2.05) is 0 Å². The number of hydrogen-bond donors (Lipinski definition) is 0. The van der Waals surface area contributed by atoms with Gasteiger partial charge in [-0.25, -0.2) is 0 Å². The molecular formula is C60H118OS. The molecule has 0 bridgehead atoms. The molecule has 8 rings (SSSR count). The Labute approximate surface area is 397 Å². The second kappa shape index (κ2) is 29.3. The van der Waals surface area contributed by atoms with Crippen LogP contribution in [-0.2, 0) is 4.74 Å². The lowest BCUT2D eigenvalue weighted by molar-refractivity contribution is 0.0127. The SMILES string of the molecule is CC1(C)CCC2CCCCC2C1.CC1(C)CCCC1.CC1(C)CCCCC1.CC1(C)CCCCCC1.CC1(C)CCCCCCC1.CC1(C)CCCOC1.CC1(C)CCCSC1. The fraction of sp³-hybridized carbons (Fsp3) is 1.00. The molecule has 0 aromatic rings. The Bertz CT molecular complexity index is 1000. The normalized spacial score (nSPS) is 30.1. The van der Waals surface area contributed by atoms with Crippen LogP contribution in [0.15, 0.2) is 0 Å². The lowest BCUT2D eigenvalue weighted by Gasteiger charge is -2.43. The van der Waals surface area contributed by atoms with Gasteiger partial charge in [-0.05, 0) is 158 Å². The Morgan fingerprint density at radius 1 is 0.306 bits per heavy atom. The van der Waals surface area contributed by atoms with Crippen molar-refractivity contribution in [3.05, 3.63) is 0 Å². The summed E-state index contributed by atoms with van der Waals surface area (Å²) in [6.07, 6.45) is 48.2. The van der Waals surface area contributed by atoms with Crippen molar-refractivity contribution in [1.82, 2.24) is 0 Å². The molecule has 2 heteroatoms. The summed E-state index contributed by atoms with van der Waals surface area (Å²) in [6, 6.07) is 0. The molecule has 0 aromatic carbocycles. The summed E-state index contributed by atoms with van der Waals surface area (Å²) in [5.74, 6) is 4.98. The van der Waals surface area contributed by atoms with Gasteiger partial charge < -0.3 is 4.74 Å². The van der Waals surface area contributed by atoms with Crippen molar-refractivity contribution >= 4 is 11.8 Å². The highest BCUT2D eigenvalue weighted by atomic mass is 32.2. The van der Waals surface area contributed by atoms with E-state index >= 15 is 0 Å². The topological polar surface area (TPSA) is 9.23 Å². The summed E-state index contributed by atoms with van der Waals surface area (Å²) in [5.41, 5.74) is 4.45. The summed E-state index contributed by atoms with van der Waals surface area (Å²) in [6.45, 7) is 35.2. The van der Waals surface area contributed by atoms with Crippen LogP contribution in [0.4, 0.5) is 0 Å². The third-order valence-electron chi connectivity index (χ3n) is 16.7. The first-order valence-electron chi connectivity index (χ1n) is 28.1. The number of rotatable bonds is 0. The average molecular weight is 888 g/mol. The van der Waals surface area contributed by atoms with Gasteiger partial charge >= 0.3 is 0 Å². The molecule has 8 aliphatic rings. The van der Waals surface area contributed by atoms with Crippen molar-refractivity contribution in [1.29, 1.82) is 0 Å². The highest BCUT2D eigenvalue weighted by Crippen LogP contribution is 2.48. The van der Waals surface area contributed by atoms with Crippen LogP contribution in [0.5, 0.6) is 0 Å². The minimum absolute atomic E-state index is 0.457. The Balaban J connectivity index is 0.000000251. The second-order valence-corrected chi connectivity index (χ2v) is 29.1. The van der Waals surface area contributed by atoms with E-state index in [0.717, 1.165) is 25.0 Å². The first-order chi connectivity index (χ1) is 28.9. The summed E-state index contributed by atoms with van der Waals surface area (Å²) >= 11 is 2.10. The zero-order valence-electron chi connectivity index (χ0n) is 45.6. The summed E-state index contributed by atoms with van der Waals surface area (Å²) in [7, 11) is 0. The van der Waals surface area contributed by atoms with Crippen molar-refractivity contribution in [3.8, 4) is 0 Å². The van der Waals surface area contributed by atoms with Crippen molar-refractivity contribution in [2.24, 2.45) is 49.7 Å². The van der Waals surface area contributed by atoms with Crippen LogP contribution in [0.2, 0.25) is 0 Å². The molecule has 0 spiro atoms. The van der Waals surface area contributed by atoms with Gasteiger partial charge in [0.25, 0.3) is 0 Å². The molecule has 62 heavy (non-hydrogen) atoms. The van der Waals surface area contributed by atoms with Gasteiger partial charge in [0, 0.05) is 6.61 Å². The van der Waals surface area contributed by atoms with Crippen LogP contribution >= 0.6 is 11.8 Å². The van der Waals surface area contributed by atoms with E-state index in [9.17, 15) is 0 Å². The molecule has 0 amide bonds. The van der Waals surface area contributed by atoms with Crippen LogP contribution in [0, 0.1) is 49.7 Å². The molecule has 2 atom stereocenters. The predicted molar refractivity (Wildman–Crippen MR) is 284 cm³/mol. The van der Waals surface area contributed by atoms with Gasteiger partial charge in [-0.15, -0.1) is 0 Å². The Hall–Kier alpha value is 0.310. The predicted octanol–water partition coefficient (Wildman–Crippen LogP) is 21.1. The highest BCUT2D eigenvalue weighted by Gasteiger charge is 2.35. The first kappa shape index (κ1) is 58.4. The second-order valence-electron chi connectivity index (χ2n) is 28.0. The Morgan fingerprint density at radius 3 is 0.968 bits per heavy atom.